The van der Waals surface area contributed by atoms with Crippen LogP contribution in [0.2, 0.25) is 0 Å². The molecule has 1 aliphatic rings. The van der Waals surface area contributed by atoms with Crippen LogP contribution < -0.4 is 5.32 Å². The predicted octanol–water partition coefficient (Wildman–Crippen LogP) is 1.94. The van der Waals surface area contributed by atoms with Gasteiger partial charge in [-0.05, 0) is 18.2 Å². The Morgan fingerprint density at radius 1 is 1.18 bits per heavy atom. The molecule has 3 aromatic heterocycles. The number of nitrogens with one attached hydrogen (secondary N) is 1. The van der Waals surface area contributed by atoms with Crippen molar-refractivity contribution >= 4 is 17.6 Å². The molecule has 0 atom stereocenters. The summed E-state index contributed by atoms with van der Waals surface area (Å²) >= 11 is 0. The van der Waals surface area contributed by atoms with Gasteiger partial charge in [0.15, 0.2) is 5.82 Å². The molecule has 0 unspecified atom stereocenters. The molecule has 0 bridgehead atoms. The lowest BCUT2D eigenvalue weighted by Crippen LogP contribution is -2.34. The van der Waals surface area contributed by atoms with Gasteiger partial charge in [0, 0.05) is 17.8 Å². The summed E-state index contributed by atoms with van der Waals surface area (Å²) in [5.41, 5.74) is 1.94. The van der Waals surface area contributed by atoms with Gasteiger partial charge < -0.3 is 19.5 Å². The Hall–Kier alpha value is -4.45. The molecule has 34 heavy (non-hydrogen) atoms. The molecule has 172 valence electrons. The third-order valence-corrected chi connectivity index (χ3v) is 5.07. The molecule has 0 aliphatic carbocycles. The van der Waals surface area contributed by atoms with E-state index in [1.165, 1.54) is 29.5 Å². The standard InChI is InChI=1S/C22H18FN7O4/c23-15-4-2-1-3-14(15)10-30-18(16-6-8-34-28-16)9-17(27-30)22-24-7-5-19(26-22)25-20(31)11-29-13-33-12-21(29)32/h1-9H,10-13H2,(H,24,25,26,31). The van der Waals surface area contributed by atoms with E-state index in [0.29, 0.717) is 22.6 Å². The molecule has 0 radical (unpaired) electrons. The summed E-state index contributed by atoms with van der Waals surface area (Å²) in [6.45, 7) is 0.0445. The Morgan fingerprint density at radius 3 is 2.82 bits per heavy atom. The number of carbonyl (C=O) groups excluding carboxylic acids is 2. The highest BCUT2D eigenvalue weighted by Gasteiger charge is 2.23. The molecule has 12 heteroatoms. The SMILES string of the molecule is O=C(CN1COCC1=O)Nc1ccnc(-c2cc(-c3ccon3)n(Cc3ccccc3F)n2)n1. The van der Waals surface area contributed by atoms with E-state index in [2.05, 4.69) is 25.5 Å². The van der Waals surface area contributed by atoms with E-state index in [1.54, 1.807) is 35.0 Å². The molecule has 1 fully saturated rings. The summed E-state index contributed by atoms with van der Waals surface area (Å²) in [4.78, 5) is 33.9. The van der Waals surface area contributed by atoms with Gasteiger partial charge in [0.2, 0.25) is 5.91 Å². The maximum atomic E-state index is 14.3. The average Bonchev–Trinajstić information content (AvgIpc) is 3.58. The molecule has 0 saturated carbocycles. The molecule has 5 rings (SSSR count). The van der Waals surface area contributed by atoms with Crippen molar-refractivity contribution in [3.63, 3.8) is 0 Å². The zero-order chi connectivity index (χ0) is 23.5. The van der Waals surface area contributed by atoms with E-state index >= 15 is 0 Å². The number of hydrogen-bond donors (Lipinski definition) is 1. The number of anilines is 1. The average molecular weight is 463 g/mol. The maximum Gasteiger partial charge on any atom is 0.250 e. The summed E-state index contributed by atoms with van der Waals surface area (Å²) in [6.07, 6.45) is 2.91. The Morgan fingerprint density at radius 2 is 2.06 bits per heavy atom. The Balaban J connectivity index is 1.40. The maximum absolute atomic E-state index is 14.3. The van der Waals surface area contributed by atoms with Crippen LogP contribution in [-0.2, 0) is 20.9 Å². The van der Waals surface area contributed by atoms with Gasteiger partial charge in [0.05, 0.1) is 12.2 Å². The lowest BCUT2D eigenvalue weighted by atomic mass is 10.2. The number of carbonyl (C=O) groups is 2. The van der Waals surface area contributed by atoms with Crippen LogP contribution in [0, 0.1) is 5.82 Å². The van der Waals surface area contributed by atoms with Gasteiger partial charge >= 0.3 is 0 Å². The second-order valence-corrected chi connectivity index (χ2v) is 7.43. The zero-order valence-corrected chi connectivity index (χ0v) is 17.7. The monoisotopic (exact) mass is 463 g/mol. The summed E-state index contributed by atoms with van der Waals surface area (Å²) in [7, 11) is 0. The fourth-order valence-electron chi connectivity index (χ4n) is 3.43. The number of benzene rings is 1. The lowest BCUT2D eigenvalue weighted by Gasteiger charge is -2.13. The Kier molecular flexibility index (Phi) is 5.79. The van der Waals surface area contributed by atoms with Gasteiger partial charge in [-0.25, -0.2) is 14.4 Å². The van der Waals surface area contributed by atoms with Crippen LogP contribution in [-0.4, -0.2) is 61.5 Å². The van der Waals surface area contributed by atoms with Crippen molar-refractivity contribution in [1.29, 1.82) is 0 Å². The van der Waals surface area contributed by atoms with Gasteiger partial charge in [0.1, 0.15) is 49.2 Å². The molecule has 4 heterocycles. The molecule has 1 aliphatic heterocycles. The summed E-state index contributed by atoms with van der Waals surface area (Å²) in [5.74, 6) is -0.533. The van der Waals surface area contributed by atoms with Gasteiger partial charge in [-0.3, -0.25) is 14.3 Å². The normalized spacial score (nSPS) is 13.4. The van der Waals surface area contributed by atoms with Gasteiger partial charge in [0.25, 0.3) is 5.91 Å². The first kappa shape index (κ1) is 21.4. The van der Waals surface area contributed by atoms with Crippen LogP contribution in [0.25, 0.3) is 22.9 Å². The summed E-state index contributed by atoms with van der Waals surface area (Å²) in [5, 5.41) is 11.2. The minimum Gasteiger partial charge on any atom is -0.364 e. The molecule has 1 N–H and O–H groups in total. The third-order valence-electron chi connectivity index (χ3n) is 5.07. The van der Waals surface area contributed by atoms with Crippen LogP contribution >= 0.6 is 0 Å². The highest BCUT2D eigenvalue weighted by atomic mass is 19.1. The largest absolute Gasteiger partial charge is 0.364 e. The van der Waals surface area contributed by atoms with Crippen LogP contribution in [0.3, 0.4) is 0 Å². The van der Waals surface area contributed by atoms with Crippen molar-refractivity contribution in [3.8, 4) is 22.9 Å². The van der Waals surface area contributed by atoms with Crippen molar-refractivity contribution in [1.82, 2.24) is 29.8 Å². The molecule has 1 saturated heterocycles. The Labute approximate surface area is 192 Å². The molecule has 4 aromatic rings. The predicted molar refractivity (Wildman–Crippen MR) is 115 cm³/mol. The van der Waals surface area contributed by atoms with E-state index in [4.69, 9.17) is 9.26 Å². The van der Waals surface area contributed by atoms with Gasteiger partial charge in [-0.1, -0.05) is 23.4 Å². The molecular formula is C22H18FN7O4. The van der Waals surface area contributed by atoms with Crippen LogP contribution in [0.15, 0.2) is 59.4 Å². The third kappa shape index (κ3) is 4.52. The quantitative estimate of drug-likeness (QED) is 0.440. The fourth-order valence-corrected chi connectivity index (χ4v) is 3.43. The number of nitrogens with zero attached hydrogens (tertiary/aromatic N) is 6. The first-order valence-electron chi connectivity index (χ1n) is 10.3. The second-order valence-electron chi connectivity index (χ2n) is 7.43. The topological polar surface area (TPSA) is 128 Å². The van der Waals surface area contributed by atoms with Gasteiger partial charge in [-0.15, -0.1) is 0 Å². The molecule has 0 spiro atoms. The van der Waals surface area contributed by atoms with Crippen LogP contribution in [0.1, 0.15) is 5.56 Å². The minimum atomic E-state index is -0.420. The van der Waals surface area contributed by atoms with Crippen molar-refractivity contribution in [2.45, 2.75) is 6.54 Å². The van der Waals surface area contributed by atoms with Crippen molar-refractivity contribution < 1.29 is 23.2 Å². The van der Waals surface area contributed by atoms with Crippen molar-refractivity contribution in [3.05, 3.63) is 66.3 Å². The number of hydrogen-bond acceptors (Lipinski definition) is 8. The first-order chi connectivity index (χ1) is 16.6. The highest BCUT2D eigenvalue weighted by molar-refractivity contribution is 5.94. The number of amides is 2. The second kappa shape index (κ2) is 9.19. The highest BCUT2D eigenvalue weighted by Crippen LogP contribution is 2.25. The van der Waals surface area contributed by atoms with Crippen LogP contribution in [0.4, 0.5) is 10.2 Å². The molecule has 11 nitrogen and oxygen atoms in total. The van der Waals surface area contributed by atoms with Gasteiger partial charge in [-0.2, -0.15) is 5.10 Å². The van der Waals surface area contributed by atoms with Crippen molar-refractivity contribution in [2.24, 2.45) is 0 Å². The van der Waals surface area contributed by atoms with E-state index in [1.807, 2.05) is 0 Å². The fraction of sp³-hybridized carbons (Fsp3) is 0.182. The minimum absolute atomic E-state index is 0.0334. The Bertz CT molecular complexity index is 1340. The van der Waals surface area contributed by atoms with E-state index in [0.717, 1.165) is 0 Å². The number of halogens is 1. The number of rotatable bonds is 7. The smallest absolute Gasteiger partial charge is 0.250 e. The van der Waals surface area contributed by atoms with E-state index < -0.39 is 5.91 Å². The molecule has 2 amide bonds. The molecule has 1 aromatic carbocycles. The number of aromatic nitrogens is 5. The van der Waals surface area contributed by atoms with E-state index in [-0.39, 0.29) is 49.8 Å². The summed E-state index contributed by atoms with van der Waals surface area (Å²) in [6, 6.07) is 11.3. The zero-order valence-electron chi connectivity index (χ0n) is 17.7. The lowest BCUT2D eigenvalue weighted by molar-refractivity contribution is -0.130. The number of ether oxygens (including phenoxy) is 1. The first-order valence-corrected chi connectivity index (χ1v) is 10.3. The van der Waals surface area contributed by atoms with E-state index in [9.17, 15) is 14.0 Å². The summed E-state index contributed by atoms with van der Waals surface area (Å²) < 4.78 is 25.8. The van der Waals surface area contributed by atoms with Crippen LogP contribution in [0.5, 0.6) is 0 Å². The van der Waals surface area contributed by atoms with Crippen molar-refractivity contribution in [2.75, 3.05) is 25.2 Å². The molecular weight excluding hydrogens is 445 g/mol.